The number of carbonyl (C=O) groups excluding carboxylic acids is 1. The van der Waals surface area contributed by atoms with Crippen LogP contribution in [0.1, 0.15) is 62.3 Å². The first-order valence-electron chi connectivity index (χ1n) is 10.6. The number of aryl methyl sites for hydroxylation is 2. The van der Waals surface area contributed by atoms with Crippen LogP contribution in [-0.2, 0) is 4.79 Å². The Bertz CT molecular complexity index is 1040. The molecule has 1 atom stereocenters. The van der Waals surface area contributed by atoms with Crippen molar-refractivity contribution in [2.75, 3.05) is 16.8 Å². The smallest absolute Gasteiger partial charge is 0.266 e. The molecular weight excluding hydrogens is 370 g/mol. The molecule has 4 nitrogen and oxygen atoms in total. The van der Waals surface area contributed by atoms with E-state index in [0.717, 1.165) is 29.7 Å². The first-order valence-corrected chi connectivity index (χ1v) is 10.6. The van der Waals surface area contributed by atoms with Crippen molar-refractivity contribution in [3.8, 4) is 6.07 Å². The van der Waals surface area contributed by atoms with Crippen molar-refractivity contribution >= 4 is 23.4 Å². The number of benzene rings is 2. The Morgan fingerprint density at radius 1 is 1.30 bits per heavy atom. The molecule has 3 rings (SSSR count). The third-order valence-electron chi connectivity index (χ3n) is 6.03. The van der Waals surface area contributed by atoms with Crippen molar-refractivity contribution in [1.82, 2.24) is 0 Å². The highest BCUT2D eigenvalue weighted by atomic mass is 16.1. The number of nitriles is 1. The van der Waals surface area contributed by atoms with Crippen LogP contribution in [0.15, 0.2) is 42.0 Å². The Kier molecular flexibility index (Phi) is 6.03. The van der Waals surface area contributed by atoms with E-state index in [2.05, 4.69) is 56.1 Å². The summed E-state index contributed by atoms with van der Waals surface area (Å²) in [5.41, 5.74) is 6.49. The zero-order chi connectivity index (χ0) is 22.1. The summed E-state index contributed by atoms with van der Waals surface area (Å²) in [4.78, 5) is 15.2. The van der Waals surface area contributed by atoms with Crippen LogP contribution in [0.5, 0.6) is 0 Å². The average molecular weight is 402 g/mol. The lowest BCUT2D eigenvalue weighted by atomic mass is 9.79. The second-order valence-corrected chi connectivity index (χ2v) is 8.92. The van der Waals surface area contributed by atoms with E-state index < -0.39 is 0 Å². The fourth-order valence-electron chi connectivity index (χ4n) is 4.63. The van der Waals surface area contributed by atoms with Gasteiger partial charge in [-0.2, -0.15) is 5.26 Å². The Hall–Kier alpha value is -3.06. The van der Waals surface area contributed by atoms with E-state index in [9.17, 15) is 10.1 Å². The van der Waals surface area contributed by atoms with Crippen molar-refractivity contribution < 1.29 is 4.79 Å². The number of fused-ring (bicyclic) bond motifs is 1. The quantitative estimate of drug-likeness (QED) is 0.508. The highest BCUT2D eigenvalue weighted by molar-refractivity contribution is 6.09. The molecule has 30 heavy (non-hydrogen) atoms. The summed E-state index contributed by atoms with van der Waals surface area (Å²) in [6.07, 6.45) is 2.78. The van der Waals surface area contributed by atoms with Crippen LogP contribution in [-0.4, -0.2) is 18.0 Å². The predicted octanol–water partition coefficient (Wildman–Crippen LogP) is 5.96. The van der Waals surface area contributed by atoms with Gasteiger partial charge in [0.1, 0.15) is 11.6 Å². The van der Waals surface area contributed by atoms with E-state index in [4.69, 9.17) is 0 Å². The van der Waals surface area contributed by atoms with Gasteiger partial charge < -0.3 is 10.2 Å². The summed E-state index contributed by atoms with van der Waals surface area (Å²) in [5, 5.41) is 12.5. The predicted molar refractivity (Wildman–Crippen MR) is 125 cm³/mol. The van der Waals surface area contributed by atoms with Crippen LogP contribution in [0.25, 0.3) is 6.08 Å². The molecule has 2 aromatic carbocycles. The number of hydrogen-bond donors (Lipinski definition) is 1. The molecule has 1 N–H and O–H groups in total. The number of carbonyl (C=O) groups is 1. The van der Waals surface area contributed by atoms with Gasteiger partial charge >= 0.3 is 0 Å². The summed E-state index contributed by atoms with van der Waals surface area (Å²) < 4.78 is 0. The van der Waals surface area contributed by atoms with Gasteiger partial charge in [-0.25, -0.2) is 0 Å². The molecule has 0 saturated carbocycles. The zero-order valence-corrected chi connectivity index (χ0v) is 18.8. The highest BCUT2D eigenvalue weighted by Gasteiger charge is 2.35. The standard InChI is InChI=1S/C26H31N3O/c1-7-29-24-12-18(3)20(14-23(24)19(4)15-26(29,5)6)13-21(16-27)25(30)28-22-10-8-9-17(2)11-22/h8-14,19H,7,15H2,1-6H3,(H,28,30)/b21-13-. The van der Waals surface area contributed by atoms with E-state index in [1.54, 1.807) is 6.08 Å². The SMILES string of the molecule is CCN1c2cc(C)c(/C=C(/C#N)C(=O)Nc3cccc(C)c3)cc2C(C)CC1(C)C. The van der Waals surface area contributed by atoms with Crippen LogP contribution in [0.2, 0.25) is 0 Å². The molecule has 0 spiro atoms. The Morgan fingerprint density at radius 3 is 2.67 bits per heavy atom. The van der Waals surface area contributed by atoms with E-state index >= 15 is 0 Å². The maximum Gasteiger partial charge on any atom is 0.266 e. The van der Waals surface area contributed by atoms with Gasteiger partial charge in [-0.1, -0.05) is 19.1 Å². The molecule has 1 aliphatic heterocycles. The van der Waals surface area contributed by atoms with Gasteiger partial charge in [0.25, 0.3) is 5.91 Å². The molecule has 0 bridgehead atoms. The first-order chi connectivity index (χ1) is 14.2. The van der Waals surface area contributed by atoms with Gasteiger partial charge in [-0.15, -0.1) is 0 Å². The van der Waals surface area contributed by atoms with E-state index in [1.165, 1.54) is 11.3 Å². The minimum Gasteiger partial charge on any atom is -0.366 e. The molecule has 1 heterocycles. The summed E-state index contributed by atoms with van der Waals surface area (Å²) in [5.74, 6) is 0.0294. The lowest BCUT2D eigenvalue weighted by Crippen LogP contribution is -2.48. The highest BCUT2D eigenvalue weighted by Crippen LogP contribution is 2.44. The van der Waals surface area contributed by atoms with Gasteiger partial charge in [0.05, 0.1) is 0 Å². The molecule has 0 fully saturated rings. The molecule has 0 aromatic heterocycles. The lowest BCUT2D eigenvalue weighted by molar-refractivity contribution is -0.112. The maximum absolute atomic E-state index is 12.7. The number of amides is 1. The largest absolute Gasteiger partial charge is 0.366 e. The van der Waals surface area contributed by atoms with Crippen molar-refractivity contribution in [2.45, 2.75) is 59.4 Å². The molecular formula is C26H31N3O. The summed E-state index contributed by atoms with van der Waals surface area (Å²) >= 11 is 0. The van der Waals surface area contributed by atoms with Crippen LogP contribution in [0.3, 0.4) is 0 Å². The lowest BCUT2D eigenvalue weighted by Gasteiger charge is -2.47. The van der Waals surface area contributed by atoms with Gasteiger partial charge in [0, 0.05) is 23.5 Å². The second-order valence-electron chi connectivity index (χ2n) is 8.92. The number of nitrogens with one attached hydrogen (secondary N) is 1. The van der Waals surface area contributed by atoms with Gasteiger partial charge in [-0.05, 0) is 99.6 Å². The van der Waals surface area contributed by atoms with E-state index in [1.807, 2.05) is 38.1 Å². The minimum atomic E-state index is -0.385. The monoisotopic (exact) mass is 401 g/mol. The molecule has 0 radical (unpaired) electrons. The first kappa shape index (κ1) is 21.6. The Labute approximate surface area is 180 Å². The molecule has 1 unspecified atom stereocenters. The molecule has 2 aromatic rings. The number of hydrogen-bond acceptors (Lipinski definition) is 3. The van der Waals surface area contributed by atoms with E-state index in [-0.39, 0.29) is 17.0 Å². The van der Waals surface area contributed by atoms with Gasteiger partial charge in [0.2, 0.25) is 0 Å². The minimum absolute atomic E-state index is 0.107. The molecule has 1 amide bonds. The average Bonchev–Trinajstić information content (AvgIpc) is 2.66. The maximum atomic E-state index is 12.7. The van der Waals surface area contributed by atoms with Gasteiger partial charge in [-0.3, -0.25) is 4.79 Å². The topological polar surface area (TPSA) is 56.1 Å². The van der Waals surface area contributed by atoms with Gasteiger partial charge in [0.15, 0.2) is 0 Å². The zero-order valence-electron chi connectivity index (χ0n) is 18.8. The summed E-state index contributed by atoms with van der Waals surface area (Å²) in [6.45, 7) is 14.0. The number of nitrogens with zero attached hydrogens (tertiary/aromatic N) is 2. The fraction of sp³-hybridized carbons (Fsp3) is 0.385. The molecule has 0 aliphatic carbocycles. The molecule has 4 heteroatoms. The number of rotatable bonds is 4. The third-order valence-corrected chi connectivity index (χ3v) is 6.03. The second kappa shape index (κ2) is 8.36. The number of anilines is 2. The third kappa shape index (κ3) is 4.26. The summed E-state index contributed by atoms with van der Waals surface area (Å²) in [7, 11) is 0. The Balaban J connectivity index is 1.97. The van der Waals surface area contributed by atoms with Crippen LogP contribution < -0.4 is 10.2 Å². The van der Waals surface area contributed by atoms with Crippen LogP contribution in [0.4, 0.5) is 11.4 Å². The normalized spacial score (nSPS) is 17.8. The van der Waals surface area contributed by atoms with Crippen molar-refractivity contribution in [1.29, 1.82) is 5.26 Å². The van der Waals surface area contributed by atoms with Crippen LogP contribution >= 0.6 is 0 Å². The van der Waals surface area contributed by atoms with Crippen molar-refractivity contribution in [3.63, 3.8) is 0 Å². The van der Waals surface area contributed by atoms with Crippen molar-refractivity contribution in [3.05, 3.63) is 64.2 Å². The van der Waals surface area contributed by atoms with Crippen molar-refractivity contribution in [2.24, 2.45) is 0 Å². The Morgan fingerprint density at radius 2 is 2.03 bits per heavy atom. The molecule has 0 saturated heterocycles. The summed E-state index contributed by atoms with van der Waals surface area (Å²) in [6, 6.07) is 14.0. The van der Waals surface area contributed by atoms with Crippen LogP contribution in [0, 0.1) is 25.2 Å². The van der Waals surface area contributed by atoms with E-state index in [0.29, 0.717) is 11.6 Å². The molecule has 156 valence electrons. The fourth-order valence-corrected chi connectivity index (χ4v) is 4.63. The molecule has 1 aliphatic rings.